The molecule has 0 saturated carbocycles. The second-order valence-electron chi connectivity index (χ2n) is 7.02. The number of aryl methyl sites for hydroxylation is 2. The Morgan fingerprint density at radius 2 is 2.04 bits per heavy atom. The van der Waals surface area contributed by atoms with E-state index in [0.29, 0.717) is 12.1 Å². The molecule has 0 spiro atoms. The third-order valence-corrected chi connectivity index (χ3v) is 4.79. The average Bonchev–Trinajstić information content (AvgIpc) is 2.66. The van der Waals surface area contributed by atoms with Gasteiger partial charge in [0.15, 0.2) is 0 Å². The van der Waals surface area contributed by atoms with Crippen molar-refractivity contribution in [3.63, 3.8) is 0 Å². The highest BCUT2D eigenvalue weighted by molar-refractivity contribution is 5.94. The summed E-state index contributed by atoms with van der Waals surface area (Å²) in [6.07, 6.45) is 11.5. The Hall–Kier alpha value is -2.62. The molecule has 3 rings (SSSR count). The van der Waals surface area contributed by atoms with Crippen molar-refractivity contribution >= 4 is 17.3 Å². The Kier molecular flexibility index (Phi) is 6.05. The number of carbonyl (C=O) groups excluding carboxylic acids is 1. The molecule has 0 radical (unpaired) electrons. The first-order valence-corrected chi connectivity index (χ1v) is 9.37. The number of benzene rings is 1. The van der Waals surface area contributed by atoms with Crippen LogP contribution in [0.3, 0.4) is 0 Å². The van der Waals surface area contributed by atoms with Crippen molar-refractivity contribution in [2.75, 3.05) is 11.9 Å². The maximum Gasteiger partial charge on any atom is 0.252 e. The molecule has 2 N–H and O–H groups in total. The van der Waals surface area contributed by atoms with Crippen LogP contribution in [-0.2, 0) is 0 Å². The molecule has 1 amide bonds. The zero-order valence-corrected chi connectivity index (χ0v) is 15.6. The molecule has 1 aromatic carbocycles. The molecule has 26 heavy (non-hydrogen) atoms. The van der Waals surface area contributed by atoms with Crippen molar-refractivity contribution in [2.24, 2.45) is 0 Å². The van der Waals surface area contributed by atoms with Crippen molar-refractivity contribution in [3.8, 4) is 0 Å². The minimum atomic E-state index is -0.0708. The van der Waals surface area contributed by atoms with Crippen LogP contribution in [0.5, 0.6) is 0 Å². The van der Waals surface area contributed by atoms with Gasteiger partial charge in [0.25, 0.3) is 5.91 Å². The first-order valence-electron chi connectivity index (χ1n) is 9.37. The van der Waals surface area contributed by atoms with Gasteiger partial charge in [0.05, 0.1) is 17.4 Å². The van der Waals surface area contributed by atoms with Crippen LogP contribution in [0.1, 0.15) is 53.6 Å². The zero-order valence-electron chi connectivity index (χ0n) is 15.6. The number of rotatable bonds is 6. The molecule has 1 heterocycles. The molecule has 1 aliphatic carbocycles. The number of nitrogens with zero attached hydrogens (tertiary/aromatic N) is 1. The van der Waals surface area contributed by atoms with Crippen molar-refractivity contribution in [2.45, 2.75) is 46.0 Å². The molecule has 2 aromatic rings. The lowest BCUT2D eigenvalue weighted by Crippen LogP contribution is -2.25. The summed E-state index contributed by atoms with van der Waals surface area (Å²) >= 11 is 0. The molecule has 1 aliphatic rings. The topological polar surface area (TPSA) is 54.0 Å². The highest BCUT2D eigenvalue weighted by atomic mass is 16.1. The Morgan fingerprint density at radius 1 is 1.15 bits per heavy atom. The second kappa shape index (κ2) is 8.65. The van der Waals surface area contributed by atoms with Crippen LogP contribution in [0.15, 0.2) is 48.3 Å². The van der Waals surface area contributed by atoms with Crippen molar-refractivity contribution in [1.82, 2.24) is 10.3 Å². The van der Waals surface area contributed by atoms with E-state index in [1.54, 1.807) is 12.4 Å². The van der Waals surface area contributed by atoms with E-state index in [0.717, 1.165) is 23.4 Å². The highest BCUT2D eigenvalue weighted by Gasteiger charge is 2.09. The fourth-order valence-corrected chi connectivity index (χ4v) is 3.23. The summed E-state index contributed by atoms with van der Waals surface area (Å²) in [6, 6.07) is 8.12. The van der Waals surface area contributed by atoms with Gasteiger partial charge in [-0.3, -0.25) is 9.78 Å². The molecule has 1 aromatic heterocycles. The predicted molar refractivity (Wildman–Crippen MR) is 107 cm³/mol. The number of hydrogen-bond donors (Lipinski definition) is 2. The smallest absolute Gasteiger partial charge is 0.252 e. The van der Waals surface area contributed by atoms with Gasteiger partial charge in [0.1, 0.15) is 0 Å². The van der Waals surface area contributed by atoms with Gasteiger partial charge in [-0.15, -0.1) is 0 Å². The van der Waals surface area contributed by atoms with Crippen LogP contribution in [0, 0.1) is 13.8 Å². The number of amides is 1. The minimum absolute atomic E-state index is 0.0708. The van der Waals surface area contributed by atoms with E-state index >= 15 is 0 Å². The Bertz CT molecular complexity index is 811. The van der Waals surface area contributed by atoms with E-state index in [2.05, 4.69) is 53.7 Å². The molecule has 4 heteroatoms. The molecule has 136 valence electrons. The minimum Gasteiger partial charge on any atom is -0.354 e. The van der Waals surface area contributed by atoms with E-state index in [-0.39, 0.29) is 5.91 Å². The molecular weight excluding hydrogens is 322 g/mol. The summed E-state index contributed by atoms with van der Waals surface area (Å²) in [7, 11) is 0. The number of nitrogens with one attached hydrogen (secondary N) is 2. The molecule has 0 saturated heterocycles. The Balaban J connectivity index is 1.60. The van der Waals surface area contributed by atoms with Crippen LogP contribution in [0.2, 0.25) is 0 Å². The average molecular weight is 349 g/mol. The number of allylic oxidation sites excluding steroid dienone is 1. The summed E-state index contributed by atoms with van der Waals surface area (Å²) < 4.78 is 0. The SMILES string of the molecule is Cc1ccc(C)c(Nc2cncc(C(=O)NCCC3=CCCCC3)c2)c1. The Labute approximate surface area is 155 Å². The van der Waals surface area contributed by atoms with Gasteiger partial charge >= 0.3 is 0 Å². The van der Waals surface area contributed by atoms with Crippen LogP contribution in [-0.4, -0.2) is 17.4 Å². The third kappa shape index (κ3) is 4.94. The number of pyridine rings is 1. The van der Waals surface area contributed by atoms with Crippen LogP contribution in [0.25, 0.3) is 0 Å². The molecule has 0 atom stereocenters. The number of hydrogen-bond acceptors (Lipinski definition) is 3. The summed E-state index contributed by atoms with van der Waals surface area (Å²) in [5.74, 6) is -0.0708. The lowest BCUT2D eigenvalue weighted by atomic mass is 9.97. The summed E-state index contributed by atoms with van der Waals surface area (Å²) in [6.45, 7) is 4.81. The van der Waals surface area contributed by atoms with Crippen molar-refractivity contribution in [1.29, 1.82) is 0 Å². The zero-order chi connectivity index (χ0) is 18.4. The van der Waals surface area contributed by atoms with Crippen LogP contribution < -0.4 is 10.6 Å². The lowest BCUT2D eigenvalue weighted by molar-refractivity contribution is 0.0953. The number of carbonyl (C=O) groups is 1. The van der Waals surface area contributed by atoms with Crippen molar-refractivity contribution < 1.29 is 4.79 Å². The van der Waals surface area contributed by atoms with E-state index < -0.39 is 0 Å². The molecule has 0 fully saturated rings. The lowest BCUT2D eigenvalue weighted by Gasteiger charge is -2.13. The van der Waals surface area contributed by atoms with Crippen LogP contribution >= 0.6 is 0 Å². The van der Waals surface area contributed by atoms with Crippen LogP contribution in [0.4, 0.5) is 11.4 Å². The predicted octanol–water partition coefficient (Wildman–Crippen LogP) is 5.06. The summed E-state index contributed by atoms with van der Waals surface area (Å²) in [4.78, 5) is 16.6. The fourth-order valence-electron chi connectivity index (χ4n) is 3.23. The quantitative estimate of drug-likeness (QED) is 0.717. The Morgan fingerprint density at radius 3 is 2.85 bits per heavy atom. The molecular formula is C22H27N3O. The fraction of sp³-hybridized carbons (Fsp3) is 0.364. The summed E-state index contributed by atoms with van der Waals surface area (Å²) in [5, 5.41) is 6.37. The van der Waals surface area contributed by atoms with Gasteiger partial charge in [-0.05, 0) is 69.2 Å². The van der Waals surface area contributed by atoms with Gasteiger partial charge in [-0.25, -0.2) is 0 Å². The van der Waals surface area contributed by atoms with Crippen molar-refractivity contribution in [3.05, 3.63) is 65.0 Å². The monoisotopic (exact) mass is 349 g/mol. The molecule has 0 aliphatic heterocycles. The van der Waals surface area contributed by atoms with Gasteiger partial charge in [0.2, 0.25) is 0 Å². The molecule has 0 unspecified atom stereocenters. The maximum atomic E-state index is 12.4. The van der Waals surface area contributed by atoms with Gasteiger partial charge < -0.3 is 10.6 Å². The summed E-state index contributed by atoms with van der Waals surface area (Å²) in [5.41, 5.74) is 6.26. The first kappa shape index (κ1) is 18.2. The number of aromatic nitrogens is 1. The third-order valence-electron chi connectivity index (χ3n) is 4.79. The highest BCUT2D eigenvalue weighted by Crippen LogP contribution is 2.22. The number of anilines is 2. The van der Waals surface area contributed by atoms with Gasteiger partial charge in [-0.1, -0.05) is 23.8 Å². The van der Waals surface area contributed by atoms with E-state index in [4.69, 9.17) is 0 Å². The largest absolute Gasteiger partial charge is 0.354 e. The molecule has 0 bridgehead atoms. The molecule has 4 nitrogen and oxygen atoms in total. The van der Waals surface area contributed by atoms with E-state index in [1.165, 1.54) is 36.8 Å². The van der Waals surface area contributed by atoms with E-state index in [1.807, 2.05) is 6.07 Å². The maximum absolute atomic E-state index is 12.4. The van der Waals surface area contributed by atoms with Gasteiger partial charge in [0, 0.05) is 18.4 Å². The normalized spacial score (nSPS) is 13.8. The second-order valence-corrected chi connectivity index (χ2v) is 7.02. The van der Waals surface area contributed by atoms with Gasteiger partial charge in [-0.2, -0.15) is 0 Å². The van der Waals surface area contributed by atoms with E-state index in [9.17, 15) is 4.79 Å². The first-order chi connectivity index (χ1) is 12.6. The standard InChI is InChI=1S/C22H27N3O/c1-16-8-9-17(2)21(12-16)25-20-13-19(14-23-15-20)22(26)24-11-10-18-6-4-3-5-7-18/h6,8-9,12-15,25H,3-5,7,10-11H2,1-2H3,(H,24,26).